The summed E-state index contributed by atoms with van der Waals surface area (Å²) in [4.78, 5) is 12.6. The quantitative estimate of drug-likeness (QED) is 0.489. The molecule has 28 heavy (non-hydrogen) atoms. The van der Waals surface area contributed by atoms with Crippen LogP contribution in [0.5, 0.6) is 0 Å². The van der Waals surface area contributed by atoms with E-state index in [0.29, 0.717) is 12.0 Å². The molecule has 156 valence electrons. The van der Waals surface area contributed by atoms with Crippen LogP contribution < -0.4 is 0 Å². The highest BCUT2D eigenvalue weighted by Crippen LogP contribution is 2.33. The lowest BCUT2D eigenvalue weighted by Gasteiger charge is -2.25. The molecule has 1 unspecified atom stereocenters. The van der Waals surface area contributed by atoms with Gasteiger partial charge in [0.15, 0.2) is 5.79 Å². The molecule has 0 aromatic heterocycles. The van der Waals surface area contributed by atoms with Crippen LogP contribution >= 0.6 is 0 Å². The Morgan fingerprint density at radius 1 is 1.25 bits per heavy atom. The van der Waals surface area contributed by atoms with Gasteiger partial charge in [-0.2, -0.15) is 0 Å². The minimum atomic E-state index is -0.874. The third-order valence-corrected chi connectivity index (χ3v) is 4.45. The highest BCUT2D eigenvalue weighted by Gasteiger charge is 2.45. The van der Waals surface area contributed by atoms with Crippen LogP contribution in [-0.2, 0) is 18.9 Å². The first-order valence-corrected chi connectivity index (χ1v) is 9.39. The zero-order valence-corrected chi connectivity index (χ0v) is 16.8. The number of hydrogen-bond donors (Lipinski definition) is 2. The lowest BCUT2D eigenvalue weighted by Crippen LogP contribution is -2.38. The van der Waals surface area contributed by atoms with Gasteiger partial charge in [0.2, 0.25) is 0 Å². The van der Waals surface area contributed by atoms with E-state index in [9.17, 15) is 15.0 Å². The molecule has 5 atom stereocenters. The van der Waals surface area contributed by atoms with Crippen molar-refractivity contribution in [3.8, 4) is 0 Å². The maximum atomic E-state index is 12.6. The number of aliphatic hydroxyl groups excluding tert-OH is 2. The molecule has 2 rings (SSSR count). The third-order valence-electron chi connectivity index (χ3n) is 4.45. The van der Waals surface area contributed by atoms with Crippen LogP contribution in [0.15, 0.2) is 42.5 Å². The monoisotopic (exact) mass is 394 g/mol. The van der Waals surface area contributed by atoms with E-state index in [-0.39, 0.29) is 6.61 Å². The summed E-state index contributed by atoms with van der Waals surface area (Å²) < 4.78 is 22.8. The molecule has 7 heteroatoms. The van der Waals surface area contributed by atoms with Gasteiger partial charge < -0.3 is 29.2 Å². The average molecular weight is 394 g/mol. The van der Waals surface area contributed by atoms with Crippen molar-refractivity contribution in [2.45, 2.75) is 63.5 Å². The Kier molecular flexibility index (Phi) is 8.15. The summed E-state index contributed by atoms with van der Waals surface area (Å²) in [7, 11) is 1.49. The second-order valence-corrected chi connectivity index (χ2v) is 7.21. The number of carbonyl (C=O) groups is 1. The standard InChI is InChI=1S/C21H30O7/c1-14(23)16(25-4)10-11-17(26-20(24)15-8-6-5-7-9-15)19-18(12-13-22)27-21(2,3)28-19/h5-11,14,16-19,22-23H,12-13H2,1-4H3/b11-10-/t14-,16+,17?,18-,19+/m0/s1. The molecule has 1 aromatic rings. The van der Waals surface area contributed by atoms with Crippen molar-refractivity contribution in [1.82, 2.24) is 0 Å². The van der Waals surface area contributed by atoms with Gasteiger partial charge in [-0.3, -0.25) is 0 Å². The number of esters is 1. The van der Waals surface area contributed by atoms with Crippen LogP contribution in [-0.4, -0.2) is 66.2 Å². The van der Waals surface area contributed by atoms with Gasteiger partial charge in [-0.25, -0.2) is 4.79 Å². The van der Waals surface area contributed by atoms with Crippen LogP contribution in [0, 0.1) is 0 Å². The lowest BCUT2D eigenvalue weighted by molar-refractivity contribution is -0.153. The first kappa shape index (κ1) is 22.5. The summed E-state index contributed by atoms with van der Waals surface area (Å²) in [5.41, 5.74) is 0.414. The van der Waals surface area contributed by atoms with Crippen molar-refractivity contribution in [3.63, 3.8) is 0 Å². The van der Waals surface area contributed by atoms with Crippen molar-refractivity contribution in [2.24, 2.45) is 0 Å². The number of aliphatic hydroxyl groups is 2. The zero-order valence-electron chi connectivity index (χ0n) is 16.8. The molecule has 7 nitrogen and oxygen atoms in total. The molecule has 1 heterocycles. The fourth-order valence-electron chi connectivity index (χ4n) is 3.13. The van der Waals surface area contributed by atoms with Crippen molar-refractivity contribution in [2.75, 3.05) is 13.7 Å². The molecule has 0 saturated carbocycles. The number of ether oxygens (including phenoxy) is 4. The Morgan fingerprint density at radius 3 is 2.50 bits per heavy atom. The molecular weight excluding hydrogens is 364 g/mol. The Balaban J connectivity index is 2.27. The summed E-state index contributed by atoms with van der Waals surface area (Å²) in [6, 6.07) is 8.65. The molecule has 1 aliphatic rings. The van der Waals surface area contributed by atoms with Gasteiger partial charge >= 0.3 is 5.97 Å². The summed E-state index contributed by atoms with van der Waals surface area (Å²) in [5, 5.41) is 19.2. The maximum Gasteiger partial charge on any atom is 0.338 e. The molecule has 1 aromatic carbocycles. The fraction of sp³-hybridized carbons (Fsp3) is 0.571. The van der Waals surface area contributed by atoms with E-state index in [0.717, 1.165) is 0 Å². The van der Waals surface area contributed by atoms with Crippen LogP contribution in [0.25, 0.3) is 0 Å². The van der Waals surface area contributed by atoms with E-state index in [2.05, 4.69) is 0 Å². The predicted octanol–water partition coefficient (Wildman–Crippen LogP) is 2.07. The summed E-state index contributed by atoms with van der Waals surface area (Å²) in [6.07, 6.45) is 0.457. The SMILES string of the molecule is CO[C@H](/C=C\C(OC(=O)c1ccccc1)[C@H]1OC(C)(C)O[C@H]1CCO)[C@H](C)O. The lowest BCUT2D eigenvalue weighted by atomic mass is 10.0. The number of rotatable bonds is 9. The number of benzene rings is 1. The van der Waals surface area contributed by atoms with Gasteiger partial charge in [0, 0.05) is 13.7 Å². The van der Waals surface area contributed by atoms with Crippen LogP contribution in [0.3, 0.4) is 0 Å². The third kappa shape index (κ3) is 6.12. The van der Waals surface area contributed by atoms with Crippen molar-refractivity contribution >= 4 is 5.97 Å². The number of hydrogen-bond acceptors (Lipinski definition) is 7. The molecule has 0 spiro atoms. The second-order valence-electron chi connectivity index (χ2n) is 7.21. The smallest absolute Gasteiger partial charge is 0.338 e. The van der Waals surface area contributed by atoms with Gasteiger partial charge in [-0.1, -0.05) is 24.3 Å². The molecule has 0 bridgehead atoms. The van der Waals surface area contributed by atoms with E-state index >= 15 is 0 Å². The molecule has 0 radical (unpaired) electrons. The van der Waals surface area contributed by atoms with E-state index in [1.54, 1.807) is 57.2 Å². The minimum Gasteiger partial charge on any atom is -0.452 e. The largest absolute Gasteiger partial charge is 0.452 e. The minimum absolute atomic E-state index is 0.0853. The Morgan fingerprint density at radius 2 is 1.93 bits per heavy atom. The summed E-state index contributed by atoms with van der Waals surface area (Å²) >= 11 is 0. The van der Waals surface area contributed by atoms with E-state index in [1.807, 2.05) is 6.07 Å². The fourth-order valence-corrected chi connectivity index (χ4v) is 3.13. The number of methoxy groups -OCH3 is 1. The molecule has 0 aliphatic carbocycles. The molecular formula is C21H30O7. The average Bonchev–Trinajstić information content (AvgIpc) is 2.96. The molecule has 2 N–H and O–H groups in total. The normalized spacial score (nSPS) is 24.8. The highest BCUT2D eigenvalue weighted by molar-refractivity contribution is 5.89. The highest BCUT2D eigenvalue weighted by atomic mass is 16.8. The van der Waals surface area contributed by atoms with Gasteiger partial charge in [0.1, 0.15) is 18.3 Å². The van der Waals surface area contributed by atoms with Crippen molar-refractivity contribution in [3.05, 3.63) is 48.0 Å². The van der Waals surface area contributed by atoms with Gasteiger partial charge in [0.25, 0.3) is 0 Å². The number of carbonyl (C=O) groups excluding carboxylic acids is 1. The van der Waals surface area contributed by atoms with E-state index in [4.69, 9.17) is 18.9 Å². The first-order valence-electron chi connectivity index (χ1n) is 9.39. The zero-order chi connectivity index (χ0) is 20.7. The van der Waals surface area contributed by atoms with Crippen LogP contribution in [0.4, 0.5) is 0 Å². The predicted molar refractivity (Wildman–Crippen MR) is 103 cm³/mol. The molecule has 1 aliphatic heterocycles. The van der Waals surface area contributed by atoms with Crippen molar-refractivity contribution < 1.29 is 34.0 Å². The molecule has 1 saturated heterocycles. The molecule has 0 amide bonds. The van der Waals surface area contributed by atoms with Crippen LogP contribution in [0.2, 0.25) is 0 Å². The van der Waals surface area contributed by atoms with Gasteiger partial charge in [0.05, 0.1) is 17.8 Å². The van der Waals surface area contributed by atoms with E-state index in [1.165, 1.54) is 7.11 Å². The summed E-state index contributed by atoms with van der Waals surface area (Å²) in [6.45, 7) is 5.06. The summed E-state index contributed by atoms with van der Waals surface area (Å²) in [5.74, 6) is -1.38. The van der Waals surface area contributed by atoms with Crippen LogP contribution in [0.1, 0.15) is 37.6 Å². The Labute approximate surface area is 165 Å². The van der Waals surface area contributed by atoms with E-state index < -0.39 is 42.3 Å². The second kappa shape index (κ2) is 10.1. The van der Waals surface area contributed by atoms with Gasteiger partial charge in [-0.05, 0) is 45.4 Å². The molecule has 1 fully saturated rings. The van der Waals surface area contributed by atoms with Crippen molar-refractivity contribution in [1.29, 1.82) is 0 Å². The first-order chi connectivity index (χ1) is 13.3. The maximum absolute atomic E-state index is 12.6. The Bertz CT molecular complexity index is 641. The Hall–Kier alpha value is -1.77. The van der Waals surface area contributed by atoms with Gasteiger partial charge in [-0.15, -0.1) is 0 Å². The topological polar surface area (TPSA) is 94.5 Å².